The second-order valence-corrected chi connectivity index (χ2v) is 7.31. The van der Waals surface area contributed by atoms with Gasteiger partial charge in [0.2, 0.25) is 0 Å². The molecule has 0 saturated carbocycles. The highest BCUT2D eigenvalue weighted by Crippen LogP contribution is 2.64. The lowest BCUT2D eigenvalue weighted by atomic mass is 9.86. The Morgan fingerprint density at radius 3 is 1.16 bits per heavy atom. The van der Waals surface area contributed by atoms with E-state index in [4.69, 9.17) is 0 Å². The molecule has 220 valence electrons. The molecule has 0 aromatic heterocycles. The Balaban J connectivity index is 6.54. The van der Waals surface area contributed by atoms with Crippen LogP contribution in [-0.4, -0.2) is 66.1 Å². The molecule has 2 nitrogen and oxygen atoms in total. The number of esters is 1. The van der Waals surface area contributed by atoms with Crippen LogP contribution in [0.5, 0.6) is 0 Å². The zero-order valence-corrected chi connectivity index (χ0v) is 17.3. The molecule has 0 aromatic rings. The summed E-state index contributed by atoms with van der Waals surface area (Å²) in [6.45, 7) is 1.60. The SMILES string of the molecule is C=C(C)C(=O)OCCC(F)(F)C(F)(F)C(F)(F)C(F)(F)C(F)(F)C(F)(F)C(F)(F)C(F)(F)CC(F)(F)F. The third-order valence-electron chi connectivity index (χ3n) is 4.31. The average Bonchev–Trinajstić information content (AvgIpc) is 2.64. The molecule has 0 saturated heterocycles. The average molecular weight is 596 g/mol. The van der Waals surface area contributed by atoms with Crippen molar-refractivity contribution in [2.24, 2.45) is 0 Å². The highest BCUT2D eigenvalue weighted by molar-refractivity contribution is 5.86. The number of rotatable bonds is 12. The van der Waals surface area contributed by atoms with E-state index < -0.39 is 84.5 Å². The number of carbonyl (C=O) groups excluding carboxylic acids is 1. The van der Waals surface area contributed by atoms with Crippen LogP contribution in [0.25, 0.3) is 0 Å². The number of alkyl halides is 19. The van der Waals surface area contributed by atoms with E-state index in [0.717, 1.165) is 6.92 Å². The quantitative estimate of drug-likeness (QED) is 0.132. The van der Waals surface area contributed by atoms with E-state index in [1.54, 1.807) is 0 Å². The van der Waals surface area contributed by atoms with Gasteiger partial charge in [-0.1, -0.05) is 6.58 Å². The minimum Gasteiger partial charge on any atom is -0.462 e. The maximum absolute atomic E-state index is 13.6. The van der Waals surface area contributed by atoms with E-state index in [0.29, 0.717) is 0 Å². The summed E-state index contributed by atoms with van der Waals surface area (Å²) in [6.07, 6.45) is -13.9. The Bertz CT molecular complexity index is 855. The molecule has 0 atom stereocenters. The summed E-state index contributed by atoms with van der Waals surface area (Å²) in [6, 6.07) is 0. The standard InChI is InChI=1S/C16H11F19O2/c1-6(2)7(36)37-4-3-8(17,18)11(24,25)13(28,29)15(32,33)16(34,35)14(30,31)12(26,27)9(19,20)5-10(21,22)23/h1,3-5H2,2H3. The van der Waals surface area contributed by atoms with Crippen LogP contribution in [0.4, 0.5) is 83.4 Å². The van der Waals surface area contributed by atoms with Gasteiger partial charge >= 0.3 is 59.5 Å². The molecule has 0 aliphatic heterocycles. The highest BCUT2D eigenvalue weighted by Gasteiger charge is 2.94. The third-order valence-corrected chi connectivity index (χ3v) is 4.31. The lowest BCUT2D eigenvalue weighted by molar-refractivity contribution is -0.455. The highest BCUT2D eigenvalue weighted by atomic mass is 19.4. The number of ether oxygens (including phenoxy) is 1. The van der Waals surface area contributed by atoms with Crippen LogP contribution in [-0.2, 0) is 9.53 Å². The van der Waals surface area contributed by atoms with E-state index in [1.807, 2.05) is 0 Å². The molecular weight excluding hydrogens is 585 g/mol. The van der Waals surface area contributed by atoms with Crippen molar-refractivity contribution in [2.45, 2.75) is 73.3 Å². The predicted molar refractivity (Wildman–Crippen MR) is 80.6 cm³/mol. The van der Waals surface area contributed by atoms with Crippen molar-refractivity contribution < 1.29 is 92.9 Å². The van der Waals surface area contributed by atoms with E-state index in [1.165, 1.54) is 0 Å². The summed E-state index contributed by atoms with van der Waals surface area (Å²) in [5.74, 6) is -66.7. The molecule has 0 unspecified atom stereocenters. The molecule has 0 aromatic carbocycles. The zero-order valence-electron chi connectivity index (χ0n) is 17.3. The van der Waals surface area contributed by atoms with Crippen LogP contribution in [0.15, 0.2) is 12.2 Å². The van der Waals surface area contributed by atoms with Crippen molar-refractivity contribution in [1.82, 2.24) is 0 Å². The van der Waals surface area contributed by atoms with Crippen molar-refractivity contribution >= 4 is 5.97 Å². The van der Waals surface area contributed by atoms with Crippen molar-refractivity contribution in [3.8, 4) is 0 Å². The summed E-state index contributed by atoms with van der Waals surface area (Å²) in [7, 11) is 0. The van der Waals surface area contributed by atoms with E-state index in [-0.39, 0.29) is 0 Å². The summed E-state index contributed by atoms with van der Waals surface area (Å²) in [4.78, 5) is 10.9. The molecule has 0 bridgehead atoms. The Kier molecular flexibility index (Phi) is 9.02. The van der Waals surface area contributed by atoms with Crippen molar-refractivity contribution in [2.75, 3.05) is 6.61 Å². The largest absolute Gasteiger partial charge is 0.462 e. The van der Waals surface area contributed by atoms with Crippen LogP contribution in [0.1, 0.15) is 19.8 Å². The number of halogens is 19. The lowest BCUT2D eigenvalue weighted by Crippen LogP contribution is -2.74. The first-order chi connectivity index (χ1) is 15.8. The Morgan fingerprint density at radius 2 is 0.865 bits per heavy atom. The molecule has 0 radical (unpaired) electrons. The Labute approximate surface area is 192 Å². The molecule has 0 fully saturated rings. The minimum atomic E-state index is -8.83. The van der Waals surface area contributed by atoms with Gasteiger partial charge in [-0.3, -0.25) is 0 Å². The fraction of sp³-hybridized carbons (Fsp3) is 0.812. The van der Waals surface area contributed by atoms with Gasteiger partial charge in [0.15, 0.2) is 0 Å². The predicted octanol–water partition coefficient (Wildman–Crippen LogP) is 7.53. The zero-order chi connectivity index (χ0) is 30.5. The van der Waals surface area contributed by atoms with Crippen LogP contribution in [0.2, 0.25) is 0 Å². The van der Waals surface area contributed by atoms with E-state index in [9.17, 15) is 88.2 Å². The van der Waals surface area contributed by atoms with Gasteiger partial charge in [0, 0.05) is 5.57 Å². The third kappa shape index (κ3) is 5.68. The molecular formula is C16H11F19O2. The first-order valence-corrected chi connectivity index (χ1v) is 8.70. The summed E-state index contributed by atoms with van der Waals surface area (Å²) in [5, 5.41) is 0. The first-order valence-electron chi connectivity index (χ1n) is 8.70. The van der Waals surface area contributed by atoms with Gasteiger partial charge in [0.05, 0.1) is 13.0 Å². The van der Waals surface area contributed by atoms with E-state index in [2.05, 4.69) is 11.3 Å². The summed E-state index contributed by atoms with van der Waals surface area (Å²) < 4.78 is 255. The number of hydrogen-bond donors (Lipinski definition) is 0. The molecule has 0 aliphatic rings. The maximum atomic E-state index is 13.6. The van der Waals surface area contributed by atoms with Crippen LogP contribution in [0.3, 0.4) is 0 Å². The number of carbonyl (C=O) groups is 1. The fourth-order valence-corrected chi connectivity index (χ4v) is 2.16. The van der Waals surface area contributed by atoms with Crippen LogP contribution >= 0.6 is 0 Å². The van der Waals surface area contributed by atoms with Gasteiger partial charge in [-0.05, 0) is 6.92 Å². The topological polar surface area (TPSA) is 26.3 Å². The first kappa shape index (κ1) is 34.9. The van der Waals surface area contributed by atoms with Crippen molar-refractivity contribution in [3.05, 3.63) is 12.2 Å². The monoisotopic (exact) mass is 596 g/mol. The van der Waals surface area contributed by atoms with Crippen molar-refractivity contribution in [1.29, 1.82) is 0 Å². The van der Waals surface area contributed by atoms with Crippen LogP contribution < -0.4 is 0 Å². The molecule has 0 aliphatic carbocycles. The van der Waals surface area contributed by atoms with Gasteiger partial charge in [-0.25, -0.2) is 4.79 Å². The molecule has 0 amide bonds. The fourth-order valence-electron chi connectivity index (χ4n) is 2.16. The Hall–Kier alpha value is -2.12. The van der Waals surface area contributed by atoms with E-state index >= 15 is 0 Å². The molecule has 37 heavy (non-hydrogen) atoms. The second-order valence-electron chi connectivity index (χ2n) is 7.31. The molecule has 0 N–H and O–H groups in total. The van der Waals surface area contributed by atoms with Crippen LogP contribution in [0, 0.1) is 0 Å². The molecule has 21 heteroatoms. The van der Waals surface area contributed by atoms with Gasteiger partial charge < -0.3 is 4.74 Å². The molecule has 0 rings (SSSR count). The molecule has 0 heterocycles. The van der Waals surface area contributed by atoms with Gasteiger partial charge in [0.1, 0.15) is 6.42 Å². The Morgan fingerprint density at radius 1 is 0.568 bits per heavy atom. The molecule has 0 spiro atoms. The number of hydrogen-bond acceptors (Lipinski definition) is 2. The van der Waals surface area contributed by atoms with Crippen molar-refractivity contribution in [3.63, 3.8) is 0 Å². The van der Waals surface area contributed by atoms with Gasteiger partial charge in [-0.15, -0.1) is 0 Å². The maximum Gasteiger partial charge on any atom is 0.395 e. The summed E-state index contributed by atoms with van der Waals surface area (Å²) >= 11 is 0. The smallest absolute Gasteiger partial charge is 0.395 e. The van der Waals surface area contributed by atoms with Gasteiger partial charge in [0.25, 0.3) is 0 Å². The normalized spacial score (nSPS) is 15.6. The lowest BCUT2D eigenvalue weighted by Gasteiger charge is -2.43. The second kappa shape index (κ2) is 9.57. The van der Waals surface area contributed by atoms with Gasteiger partial charge in [-0.2, -0.15) is 83.4 Å². The summed E-state index contributed by atoms with van der Waals surface area (Å²) in [5.41, 5.74) is -0.628. The minimum absolute atomic E-state index is 0.628.